The lowest BCUT2D eigenvalue weighted by Gasteiger charge is -2.34. The van der Waals surface area contributed by atoms with Crippen LogP contribution < -0.4 is 0 Å². The maximum absolute atomic E-state index is 11.6. The molecule has 2 unspecified atom stereocenters. The van der Waals surface area contributed by atoms with Gasteiger partial charge in [-0.25, -0.2) is 0 Å². The van der Waals surface area contributed by atoms with Crippen molar-refractivity contribution in [2.45, 2.75) is 31.3 Å². The summed E-state index contributed by atoms with van der Waals surface area (Å²) in [6.07, 6.45) is 0. The molecule has 1 saturated heterocycles. The fraction of sp³-hybridized carbons (Fsp3) is 0.800. The van der Waals surface area contributed by atoms with Gasteiger partial charge < -0.3 is 0 Å². The zero-order valence-electron chi connectivity index (χ0n) is 8.75. The van der Waals surface area contributed by atoms with Gasteiger partial charge in [0, 0.05) is 40.9 Å². The van der Waals surface area contributed by atoms with E-state index in [1.807, 2.05) is 6.92 Å². The molecule has 1 heterocycles. The third-order valence-electron chi connectivity index (χ3n) is 2.32. The van der Waals surface area contributed by atoms with Gasteiger partial charge in [0.25, 0.3) is 0 Å². The molecule has 0 aromatic heterocycles. The molecule has 0 bridgehead atoms. The smallest absolute Gasteiger partial charge is 0.0450 e. The monoisotopic (exact) mass is 201 g/mol. The quantitative estimate of drug-likeness (QED) is 0.630. The highest BCUT2D eigenvalue weighted by Gasteiger charge is 2.27. The SMILES string of the molecule is C=C(C)CN1CC(C)S(=O)C(C)C1. The number of rotatable bonds is 2. The van der Waals surface area contributed by atoms with Gasteiger partial charge >= 0.3 is 0 Å². The second-order valence-corrected chi connectivity index (χ2v) is 6.37. The summed E-state index contributed by atoms with van der Waals surface area (Å²) in [5, 5.41) is 0.617. The Morgan fingerprint density at radius 1 is 1.46 bits per heavy atom. The lowest BCUT2D eigenvalue weighted by molar-refractivity contribution is 0.288. The minimum atomic E-state index is -0.637. The highest BCUT2D eigenvalue weighted by Crippen LogP contribution is 2.15. The molecule has 1 rings (SSSR count). The minimum Gasteiger partial charge on any atom is -0.297 e. The van der Waals surface area contributed by atoms with Crippen molar-refractivity contribution in [1.29, 1.82) is 0 Å². The molecule has 1 fully saturated rings. The van der Waals surface area contributed by atoms with Crippen LogP contribution in [0.4, 0.5) is 0 Å². The van der Waals surface area contributed by atoms with Crippen molar-refractivity contribution >= 4 is 10.8 Å². The van der Waals surface area contributed by atoms with Gasteiger partial charge in [-0.3, -0.25) is 9.11 Å². The van der Waals surface area contributed by atoms with Crippen molar-refractivity contribution < 1.29 is 4.21 Å². The van der Waals surface area contributed by atoms with Crippen molar-refractivity contribution in [3.63, 3.8) is 0 Å². The van der Waals surface area contributed by atoms with Gasteiger partial charge in [0.2, 0.25) is 0 Å². The Bertz CT molecular complexity index is 213. The van der Waals surface area contributed by atoms with Crippen LogP contribution in [0.3, 0.4) is 0 Å². The second-order valence-electron chi connectivity index (χ2n) is 4.10. The van der Waals surface area contributed by atoms with Gasteiger partial charge in [-0.2, -0.15) is 0 Å². The summed E-state index contributed by atoms with van der Waals surface area (Å²) < 4.78 is 11.6. The van der Waals surface area contributed by atoms with Gasteiger partial charge in [0.1, 0.15) is 0 Å². The molecule has 13 heavy (non-hydrogen) atoms. The van der Waals surface area contributed by atoms with Crippen LogP contribution in [-0.2, 0) is 10.8 Å². The van der Waals surface area contributed by atoms with E-state index in [0.29, 0.717) is 10.5 Å². The van der Waals surface area contributed by atoms with Gasteiger partial charge in [-0.05, 0) is 20.8 Å². The van der Waals surface area contributed by atoms with Gasteiger partial charge in [0.15, 0.2) is 0 Å². The topological polar surface area (TPSA) is 20.3 Å². The lowest BCUT2D eigenvalue weighted by Crippen LogP contribution is -2.47. The van der Waals surface area contributed by atoms with Crippen LogP contribution in [-0.4, -0.2) is 39.2 Å². The van der Waals surface area contributed by atoms with E-state index in [4.69, 9.17) is 0 Å². The first-order valence-corrected chi connectivity index (χ1v) is 6.04. The number of nitrogens with zero attached hydrogens (tertiary/aromatic N) is 1. The standard InChI is InChI=1S/C10H19NOS/c1-8(2)5-11-6-9(3)13(12)10(4)7-11/h9-10H,1,5-7H2,2-4H3. The molecule has 0 aromatic rings. The van der Waals surface area contributed by atoms with Gasteiger partial charge in [-0.1, -0.05) is 12.2 Å². The molecule has 0 radical (unpaired) electrons. The molecular formula is C10H19NOS. The van der Waals surface area contributed by atoms with Crippen LogP contribution in [0.1, 0.15) is 20.8 Å². The fourth-order valence-electron chi connectivity index (χ4n) is 1.86. The van der Waals surface area contributed by atoms with Crippen molar-refractivity contribution in [1.82, 2.24) is 4.90 Å². The van der Waals surface area contributed by atoms with Crippen LogP contribution in [0.25, 0.3) is 0 Å². The maximum Gasteiger partial charge on any atom is 0.0450 e. The fourth-order valence-corrected chi connectivity index (χ4v) is 3.36. The zero-order valence-corrected chi connectivity index (χ0v) is 9.56. The Balaban J connectivity index is 2.53. The predicted octanol–water partition coefficient (Wildman–Crippen LogP) is 1.40. The molecule has 3 heteroatoms. The van der Waals surface area contributed by atoms with E-state index < -0.39 is 10.8 Å². The molecule has 1 aliphatic heterocycles. The molecule has 2 nitrogen and oxygen atoms in total. The van der Waals surface area contributed by atoms with Crippen molar-refractivity contribution in [3.05, 3.63) is 12.2 Å². The van der Waals surface area contributed by atoms with Crippen LogP contribution in [0.5, 0.6) is 0 Å². The van der Waals surface area contributed by atoms with E-state index >= 15 is 0 Å². The average molecular weight is 201 g/mol. The molecular weight excluding hydrogens is 182 g/mol. The van der Waals surface area contributed by atoms with Crippen LogP contribution >= 0.6 is 0 Å². The number of hydrogen-bond donors (Lipinski definition) is 0. The van der Waals surface area contributed by atoms with Crippen molar-refractivity contribution in [2.24, 2.45) is 0 Å². The summed E-state index contributed by atoms with van der Waals surface area (Å²) in [5.41, 5.74) is 1.19. The van der Waals surface area contributed by atoms with E-state index in [1.54, 1.807) is 0 Å². The summed E-state index contributed by atoms with van der Waals surface area (Å²) >= 11 is 0. The molecule has 0 aromatic carbocycles. The third kappa shape index (κ3) is 2.92. The first-order chi connectivity index (χ1) is 6.00. The maximum atomic E-state index is 11.6. The summed E-state index contributed by atoms with van der Waals surface area (Å²) in [7, 11) is -0.637. The Hall–Kier alpha value is -0.150. The van der Waals surface area contributed by atoms with Crippen LogP contribution in [0, 0.1) is 0 Å². The highest BCUT2D eigenvalue weighted by molar-refractivity contribution is 7.86. The van der Waals surface area contributed by atoms with Gasteiger partial charge in [-0.15, -0.1) is 0 Å². The predicted molar refractivity (Wildman–Crippen MR) is 58.3 cm³/mol. The Labute approximate surface area is 83.5 Å². The second kappa shape index (κ2) is 4.38. The lowest BCUT2D eigenvalue weighted by atomic mass is 10.2. The molecule has 0 amide bonds. The number of hydrogen-bond acceptors (Lipinski definition) is 2. The molecule has 0 N–H and O–H groups in total. The van der Waals surface area contributed by atoms with E-state index in [-0.39, 0.29) is 0 Å². The minimum absolute atomic E-state index is 0.308. The average Bonchev–Trinajstić information content (AvgIpc) is 1.98. The summed E-state index contributed by atoms with van der Waals surface area (Å²) in [5.74, 6) is 0. The highest BCUT2D eigenvalue weighted by atomic mass is 32.2. The summed E-state index contributed by atoms with van der Waals surface area (Å²) in [6, 6.07) is 0. The third-order valence-corrected chi connectivity index (χ3v) is 4.20. The first kappa shape index (κ1) is 10.9. The van der Waals surface area contributed by atoms with Gasteiger partial charge in [0.05, 0.1) is 0 Å². The summed E-state index contributed by atoms with van der Waals surface area (Å²) in [6.45, 7) is 12.9. The van der Waals surface area contributed by atoms with E-state index in [1.165, 1.54) is 5.57 Å². The van der Waals surface area contributed by atoms with E-state index in [9.17, 15) is 4.21 Å². The largest absolute Gasteiger partial charge is 0.297 e. The Kier molecular flexibility index (Phi) is 3.68. The van der Waals surface area contributed by atoms with Crippen molar-refractivity contribution in [2.75, 3.05) is 19.6 Å². The molecule has 0 spiro atoms. The summed E-state index contributed by atoms with van der Waals surface area (Å²) in [4.78, 5) is 2.35. The van der Waals surface area contributed by atoms with E-state index in [0.717, 1.165) is 19.6 Å². The first-order valence-electron chi connectivity index (χ1n) is 4.77. The zero-order chi connectivity index (χ0) is 10.0. The van der Waals surface area contributed by atoms with Crippen LogP contribution in [0.15, 0.2) is 12.2 Å². The van der Waals surface area contributed by atoms with E-state index in [2.05, 4.69) is 25.3 Å². The molecule has 0 aliphatic carbocycles. The molecule has 76 valence electrons. The molecule has 1 aliphatic rings. The molecule has 2 atom stereocenters. The Morgan fingerprint density at radius 3 is 2.31 bits per heavy atom. The van der Waals surface area contributed by atoms with Crippen molar-refractivity contribution in [3.8, 4) is 0 Å². The molecule has 0 saturated carbocycles. The normalized spacial score (nSPS) is 36.1. The van der Waals surface area contributed by atoms with Crippen LogP contribution in [0.2, 0.25) is 0 Å². The Morgan fingerprint density at radius 2 is 1.92 bits per heavy atom.